The van der Waals surface area contributed by atoms with Crippen LogP contribution >= 0.6 is 11.3 Å². The highest BCUT2D eigenvalue weighted by Crippen LogP contribution is 2.42. The van der Waals surface area contributed by atoms with Crippen molar-refractivity contribution in [3.05, 3.63) is 29.1 Å². The predicted molar refractivity (Wildman–Crippen MR) is 78.8 cm³/mol. The minimum absolute atomic E-state index is 0.780. The largest absolute Gasteiger partial charge is 0.497 e. The number of ether oxygens (including phenoxy) is 1. The maximum atomic E-state index is 5.30. The van der Waals surface area contributed by atoms with Crippen molar-refractivity contribution in [1.29, 1.82) is 0 Å². The number of rotatable bonds is 2. The monoisotopic (exact) mass is 260 g/mol. The van der Waals surface area contributed by atoms with Crippen LogP contribution in [0.25, 0.3) is 10.1 Å². The topological polar surface area (TPSA) is 9.23 Å². The third kappa shape index (κ3) is 2.14. The maximum absolute atomic E-state index is 5.30. The lowest BCUT2D eigenvalue weighted by molar-refractivity contribution is 0.334. The molecule has 1 aromatic carbocycles. The number of methoxy groups -OCH3 is 1. The minimum Gasteiger partial charge on any atom is -0.497 e. The molecular weight excluding hydrogens is 240 g/mol. The molecule has 2 aromatic rings. The van der Waals surface area contributed by atoms with Crippen LogP contribution in [-0.4, -0.2) is 7.11 Å². The summed E-state index contributed by atoms with van der Waals surface area (Å²) in [4.78, 5) is 1.57. The average Bonchev–Trinajstić information content (AvgIpc) is 2.81. The summed E-state index contributed by atoms with van der Waals surface area (Å²) in [6, 6.07) is 8.80. The van der Waals surface area contributed by atoms with Gasteiger partial charge in [0, 0.05) is 9.58 Å². The Balaban J connectivity index is 1.97. The van der Waals surface area contributed by atoms with Crippen molar-refractivity contribution in [2.75, 3.05) is 7.11 Å². The van der Waals surface area contributed by atoms with Crippen molar-refractivity contribution in [2.24, 2.45) is 5.92 Å². The molecule has 96 valence electrons. The lowest BCUT2D eigenvalue weighted by atomic mass is 9.79. The van der Waals surface area contributed by atoms with E-state index < -0.39 is 0 Å². The Hall–Kier alpha value is -1.02. The molecule has 1 aliphatic carbocycles. The Bertz CT molecular complexity index is 543. The lowest BCUT2D eigenvalue weighted by Gasteiger charge is -2.27. The second-order valence-electron chi connectivity index (χ2n) is 5.42. The van der Waals surface area contributed by atoms with Gasteiger partial charge in [0.1, 0.15) is 5.75 Å². The molecule has 2 unspecified atom stereocenters. The number of hydrogen-bond donors (Lipinski definition) is 0. The molecular formula is C16H20OS. The van der Waals surface area contributed by atoms with E-state index in [0.29, 0.717) is 0 Å². The van der Waals surface area contributed by atoms with Gasteiger partial charge >= 0.3 is 0 Å². The van der Waals surface area contributed by atoms with Gasteiger partial charge in [-0.25, -0.2) is 0 Å². The Kier molecular flexibility index (Phi) is 3.29. The molecule has 3 rings (SSSR count). The third-order valence-corrected chi connectivity index (χ3v) is 5.45. The zero-order valence-electron chi connectivity index (χ0n) is 11.1. The molecule has 0 spiro atoms. The van der Waals surface area contributed by atoms with Crippen LogP contribution in [0.15, 0.2) is 24.3 Å². The van der Waals surface area contributed by atoms with Crippen LogP contribution < -0.4 is 4.74 Å². The molecule has 0 saturated heterocycles. The molecule has 0 N–H and O–H groups in total. The van der Waals surface area contributed by atoms with Gasteiger partial charge in [-0.3, -0.25) is 0 Å². The van der Waals surface area contributed by atoms with Gasteiger partial charge in [-0.2, -0.15) is 0 Å². The predicted octanol–water partition coefficient (Wildman–Crippen LogP) is 5.20. The van der Waals surface area contributed by atoms with Crippen LogP contribution in [0.1, 0.15) is 43.4 Å². The number of fused-ring (bicyclic) bond motifs is 1. The maximum Gasteiger partial charge on any atom is 0.120 e. The van der Waals surface area contributed by atoms with Gasteiger partial charge in [0.05, 0.1) is 7.11 Å². The van der Waals surface area contributed by atoms with E-state index >= 15 is 0 Å². The molecule has 1 saturated carbocycles. The summed E-state index contributed by atoms with van der Waals surface area (Å²) in [6.07, 6.45) is 5.57. The zero-order valence-corrected chi connectivity index (χ0v) is 11.9. The molecule has 1 heterocycles. The highest BCUT2D eigenvalue weighted by atomic mass is 32.1. The minimum atomic E-state index is 0.780. The molecule has 1 aliphatic rings. The standard InChI is InChI=1S/C16H20OS/c1-11-5-3-4-6-14(11)16-9-12-7-8-13(17-2)10-15(12)18-16/h7-11,14H,3-6H2,1-2H3. The Morgan fingerprint density at radius 3 is 2.78 bits per heavy atom. The second-order valence-corrected chi connectivity index (χ2v) is 6.54. The van der Waals surface area contributed by atoms with E-state index in [4.69, 9.17) is 4.74 Å². The van der Waals surface area contributed by atoms with Gasteiger partial charge in [0.25, 0.3) is 0 Å². The average molecular weight is 260 g/mol. The summed E-state index contributed by atoms with van der Waals surface area (Å²) >= 11 is 1.96. The van der Waals surface area contributed by atoms with Crippen molar-refractivity contribution in [2.45, 2.75) is 38.5 Å². The fourth-order valence-electron chi connectivity index (χ4n) is 3.08. The first kappa shape index (κ1) is 12.0. The number of benzene rings is 1. The first-order valence-corrected chi connectivity index (χ1v) is 7.67. The fourth-order valence-corrected chi connectivity index (χ4v) is 4.44. The van der Waals surface area contributed by atoms with Crippen LogP contribution in [0.2, 0.25) is 0 Å². The van der Waals surface area contributed by atoms with Gasteiger partial charge in [0.2, 0.25) is 0 Å². The van der Waals surface area contributed by atoms with Gasteiger partial charge < -0.3 is 4.74 Å². The van der Waals surface area contributed by atoms with Crippen molar-refractivity contribution >= 4 is 21.4 Å². The summed E-state index contributed by atoms with van der Waals surface area (Å²) in [5.41, 5.74) is 0. The third-order valence-electron chi connectivity index (χ3n) is 4.22. The number of thiophene rings is 1. The van der Waals surface area contributed by atoms with E-state index in [1.54, 1.807) is 12.0 Å². The molecule has 0 amide bonds. The molecule has 0 radical (unpaired) electrons. The summed E-state index contributed by atoms with van der Waals surface area (Å²) in [7, 11) is 1.74. The van der Waals surface area contributed by atoms with E-state index in [9.17, 15) is 0 Å². The van der Waals surface area contributed by atoms with E-state index in [-0.39, 0.29) is 0 Å². The van der Waals surface area contributed by atoms with E-state index in [0.717, 1.165) is 17.6 Å². The molecule has 1 nitrogen and oxygen atoms in total. The fraction of sp³-hybridized carbons (Fsp3) is 0.500. The smallest absolute Gasteiger partial charge is 0.120 e. The SMILES string of the molecule is COc1ccc2cc(C3CCCCC3C)sc2c1. The second kappa shape index (κ2) is 4.93. The molecule has 1 fully saturated rings. The first-order valence-electron chi connectivity index (χ1n) is 6.85. The molecule has 0 aliphatic heterocycles. The number of hydrogen-bond acceptors (Lipinski definition) is 2. The highest BCUT2D eigenvalue weighted by Gasteiger charge is 2.24. The van der Waals surface area contributed by atoms with Crippen molar-refractivity contribution < 1.29 is 4.74 Å². The normalized spacial score (nSPS) is 24.3. The van der Waals surface area contributed by atoms with Gasteiger partial charge in [-0.1, -0.05) is 26.2 Å². The lowest BCUT2D eigenvalue weighted by Crippen LogP contribution is -2.13. The van der Waals surface area contributed by atoms with Crippen LogP contribution in [0.3, 0.4) is 0 Å². The van der Waals surface area contributed by atoms with Crippen LogP contribution in [0, 0.1) is 5.92 Å². The zero-order chi connectivity index (χ0) is 12.5. The van der Waals surface area contributed by atoms with Crippen molar-refractivity contribution in [3.8, 4) is 5.75 Å². The van der Waals surface area contributed by atoms with E-state index in [1.165, 1.54) is 35.8 Å². The summed E-state index contributed by atoms with van der Waals surface area (Å²) in [5, 5.41) is 1.37. The Labute approximate surface area is 113 Å². The van der Waals surface area contributed by atoms with Crippen LogP contribution in [0.4, 0.5) is 0 Å². The first-order chi connectivity index (χ1) is 8.78. The van der Waals surface area contributed by atoms with E-state index in [2.05, 4.69) is 31.2 Å². The molecule has 1 aromatic heterocycles. The summed E-state index contributed by atoms with van der Waals surface area (Å²) in [6.45, 7) is 2.41. The van der Waals surface area contributed by atoms with Gasteiger partial charge in [0.15, 0.2) is 0 Å². The Morgan fingerprint density at radius 2 is 2.00 bits per heavy atom. The van der Waals surface area contributed by atoms with Gasteiger partial charge in [-0.05, 0) is 47.9 Å². The Morgan fingerprint density at radius 1 is 1.17 bits per heavy atom. The molecule has 2 heteroatoms. The summed E-state index contributed by atoms with van der Waals surface area (Å²) < 4.78 is 6.67. The van der Waals surface area contributed by atoms with E-state index in [1.807, 2.05) is 11.3 Å². The van der Waals surface area contributed by atoms with Gasteiger partial charge in [-0.15, -0.1) is 11.3 Å². The molecule has 0 bridgehead atoms. The quantitative estimate of drug-likeness (QED) is 0.720. The molecule has 2 atom stereocenters. The highest BCUT2D eigenvalue weighted by molar-refractivity contribution is 7.19. The van der Waals surface area contributed by atoms with Crippen LogP contribution in [0.5, 0.6) is 5.75 Å². The van der Waals surface area contributed by atoms with Crippen molar-refractivity contribution in [3.63, 3.8) is 0 Å². The van der Waals surface area contributed by atoms with Crippen molar-refractivity contribution in [1.82, 2.24) is 0 Å². The molecule has 18 heavy (non-hydrogen) atoms. The van der Waals surface area contributed by atoms with Crippen LogP contribution in [-0.2, 0) is 0 Å². The summed E-state index contributed by atoms with van der Waals surface area (Å²) in [5.74, 6) is 2.59.